The molecular weight excluding hydrogens is 226 g/mol. The van der Waals surface area contributed by atoms with Crippen molar-refractivity contribution in [3.8, 4) is 5.75 Å². The molecule has 1 aromatic rings. The maximum Gasteiger partial charge on any atom is 0.121 e. The summed E-state index contributed by atoms with van der Waals surface area (Å²) in [6.45, 7) is 4.76. The van der Waals surface area contributed by atoms with Gasteiger partial charge in [-0.25, -0.2) is 0 Å². The summed E-state index contributed by atoms with van der Waals surface area (Å²) >= 11 is 0. The molecule has 0 saturated carbocycles. The Labute approximate surface area is 109 Å². The average Bonchev–Trinajstić information content (AvgIpc) is 2.90. The molecule has 1 aliphatic rings. The van der Waals surface area contributed by atoms with Crippen molar-refractivity contribution in [2.75, 3.05) is 25.1 Å². The molecule has 3 heteroatoms. The summed E-state index contributed by atoms with van der Waals surface area (Å²) in [6, 6.07) is 8.16. The zero-order valence-corrected chi connectivity index (χ0v) is 11.2. The lowest BCUT2D eigenvalue weighted by Gasteiger charge is -2.12. The van der Waals surface area contributed by atoms with E-state index in [1.165, 1.54) is 12.8 Å². The van der Waals surface area contributed by atoms with E-state index < -0.39 is 0 Å². The minimum atomic E-state index is 0.279. The molecule has 0 spiro atoms. The van der Waals surface area contributed by atoms with Crippen molar-refractivity contribution in [2.45, 2.75) is 38.7 Å². The van der Waals surface area contributed by atoms with Gasteiger partial charge in [-0.3, -0.25) is 0 Å². The second-order valence-electron chi connectivity index (χ2n) is 4.75. The molecule has 0 aliphatic carbocycles. The van der Waals surface area contributed by atoms with Crippen LogP contribution in [0.15, 0.2) is 24.3 Å². The van der Waals surface area contributed by atoms with Crippen molar-refractivity contribution < 1.29 is 9.47 Å². The summed E-state index contributed by atoms with van der Waals surface area (Å²) in [5, 5.41) is 3.40. The van der Waals surface area contributed by atoms with E-state index in [1.54, 1.807) is 0 Å². The number of rotatable bonds is 7. The first-order chi connectivity index (χ1) is 8.88. The van der Waals surface area contributed by atoms with Gasteiger partial charge in [0.25, 0.3) is 0 Å². The summed E-state index contributed by atoms with van der Waals surface area (Å²) in [7, 11) is 0. The van der Waals surface area contributed by atoms with Crippen LogP contribution in [0.4, 0.5) is 5.69 Å². The van der Waals surface area contributed by atoms with Gasteiger partial charge in [0.2, 0.25) is 0 Å². The quantitative estimate of drug-likeness (QED) is 0.751. The molecule has 0 amide bonds. The SMILES string of the molecule is CCCCNc1cccc(OC[C@H]2CCCO2)c1. The Kier molecular flexibility index (Phi) is 5.34. The zero-order chi connectivity index (χ0) is 12.6. The molecule has 1 atom stereocenters. The van der Waals surface area contributed by atoms with E-state index in [2.05, 4.69) is 24.4 Å². The van der Waals surface area contributed by atoms with Gasteiger partial charge in [-0.15, -0.1) is 0 Å². The Hall–Kier alpha value is -1.22. The van der Waals surface area contributed by atoms with Crippen LogP contribution in [0.1, 0.15) is 32.6 Å². The molecule has 0 bridgehead atoms. The summed E-state index contributed by atoms with van der Waals surface area (Å²) in [5.74, 6) is 0.923. The van der Waals surface area contributed by atoms with Crippen LogP contribution in [0.5, 0.6) is 5.75 Å². The van der Waals surface area contributed by atoms with Crippen LogP contribution < -0.4 is 10.1 Å². The van der Waals surface area contributed by atoms with Crippen molar-refractivity contribution in [3.63, 3.8) is 0 Å². The molecule has 1 aliphatic heterocycles. The Morgan fingerprint density at radius 2 is 2.39 bits per heavy atom. The average molecular weight is 249 g/mol. The minimum absolute atomic E-state index is 0.279. The second-order valence-corrected chi connectivity index (χ2v) is 4.75. The highest BCUT2D eigenvalue weighted by Crippen LogP contribution is 2.19. The van der Waals surface area contributed by atoms with Crippen LogP contribution in [0.3, 0.4) is 0 Å². The zero-order valence-electron chi connectivity index (χ0n) is 11.2. The van der Waals surface area contributed by atoms with Crippen molar-refractivity contribution >= 4 is 5.69 Å². The van der Waals surface area contributed by atoms with Gasteiger partial charge >= 0.3 is 0 Å². The highest BCUT2D eigenvalue weighted by atomic mass is 16.5. The van der Waals surface area contributed by atoms with Crippen molar-refractivity contribution in [2.24, 2.45) is 0 Å². The predicted molar refractivity (Wildman–Crippen MR) is 74.3 cm³/mol. The molecule has 1 heterocycles. The number of hydrogen-bond donors (Lipinski definition) is 1. The van der Waals surface area contributed by atoms with Crippen LogP contribution in [0.2, 0.25) is 0 Å². The molecule has 0 radical (unpaired) electrons. The van der Waals surface area contributed by atoms with E-state index in [-0.39, 0.29) is 6.10 Å². The van der Waals surface area contributed by atoms with Crippen LogP contribution >= 0.6 is 0 Å². The van der Waals surface area contributed by atoms with Crippen LogP contribution in [0.25, 0.3) is 0 Å². The maximum atomic E-state index is 5.77. The first-order valence-corrected chi connectivity index (χ1v) is 6.97. The summed E-state index contributed by atoms with van der Waals surface area (Å²) in [4.78, 5) is 0. The first-order valence-electron chi connectivity index (χ1n) is 6.97. The number of ether oxygens (including phenoxy) is 2. The lowest BCUT2D eigenvalue weighted by Crippen LogP contribution is -2.16. The van der Waals surface area contributed by atoms with Gasteiger partial charge in [-0.2, -0.15) is 0 Å². The standard InChI is InChI=1S/C15H23NO2/c1-2-3-9-16-13-6-4-7-14(11-13)18-12-15-8-5-10-17-15/h4,6-7,11,15-16H,2-3,5,8-10,12H2,1H3/t15-/m1/s1. The fourth-order valence-electron chi connectivity index (χ4n) is 2.07. The normalized spacial score (nSPS) is 18.8. The topological polar surface area (TPSA) is 30.5 Å². The van der Waals surface area contributed by atoms with Gasteiger partial charge < -0.3 is 14.8 Å². The third kappa shape index (κ3) is 4.22. The van der Waals surface area contributed by atoms with Crippen LogP contribution in [0, 0.1) is 0 Å². The number of nitrogens with one attached hydrogen (secondary N) is 1. The third-order valence-corrected chi connectivity index (χ3v) is 3.15. The Morgan fingerprint density at radius 1 is 1.44 bits per heavy atom. The molecule has 1 fully saturated rings. The van der Waals surface area contributed by atoms with Gasteiger partial charge in [0, 0.05) is 24.9 Å². The largest absolute Gasteiger partial charge is 0.491 e. The molecule has 100 valence electrons. The van der Waals surface area contributed by atoms with E-state index in [9.17, 15) is 0 Å². The van der Waals surface area contributed by atoms with E-state index in [1.807, 2.05) is 12.1 Å². The van der Waals surface area contributed by atoms with Crippen molar-refractivity contribution in [1.82, 2.24) is 0 Å². The molecule has 0 unspecified atom stereocenters. The van der Waals surface area contributed by atoms with Gasteiger partial charge in [0.05, 0.1) is 6.10 Å². The summed E-state index contributed by atoms with van der Waals surface area (Å²) < 4.78 is 11.3. The molecule has 1 saturated heterocycles. The van der Waals surface area contributed by atoms with Gasteiger partial charge in [-0.05, 0) is 31.4 Å². The number of anilines is 1. The molecule has 18 heavy (non-hydrogen) atoms. The third-order valence-electron chi connectivity index (χ3n) is 3.15. The molecule has 3 nitrogen and oxygen atoms in total. The molecule has 1 aromatic carbocycles. The number of hydrogen-bond acceptors (Lipinski definition) is 3. The van der Waals surface area contributed by atoms with Crippen LogP contribution in [-0.4, -0.2) is 25.9 Å². The highest BCUT2D eigenvalue weighted by Gasteiger charge is 2.15. The van der Waals surface area contributed by atoms with Crippen molar-refractivity contribution in [1.29, 1.82) is 0 Å². The molecule has 2 rings (SSSR count). The van der Waals surface area contributed by atoms with E-state index in [0.717, 1.165) is 37.4 Å². The predicted octanol–water partition coefficient (Wildman–Crippen LogP) is 3.46. The van der Waals surface area contributed by atoms with E-state index in [0.29, 0.717) is 6.61 Å². The Morgan fingerprint density at radius 3 is 3.17 bits per heavy atom. The number of benzene rings is 1. The van der Waals surface area contributed by atoms with Crippen LogP contribution in [-0.2, 0) is 4.74 Å². The molecule has 0 aromatic heterocycles. The van der Waals surface area contributed by atoms with Gasteiger partial charge in [0.15, 0.2) is 0 Å². The molecular formula is C15H23NO2. The lowest BCUT2D eigenvalue weighted by molar-refractivity contribution is 0.0680. The minimum Gasteiger partial charge on any atom is -0.491 e. The van der Waals surface area contributed by atoms with Crippen molar-refractivity contribution in [3.05, 3.63) is 24.3 Å². The Balaban J connectivity index is 1.78. The lowest BCUT2D eigenvalue weighted by atomic mass is 10.2. The van der Waals surface area contributed by atoms with E-state index in [4.69, 9.17) is 9.47 Å². The van der Waals surface area contributed by atoms with Gasteiger partial charge in [-0.1, -0.05) is 19.4 Å². The monoisotopic (exact) mass is 249 g/mol. The second kappa shape index (κ2) is 7.27. The number of unbranched alkanes of at least 4 members (excludes halogenated alkanes) is 1. The maximum absolute atomic E-state index is 5.77. The summed E-state index contributed by atoms with van der Waals surface area (Å²) in [5.41, 5.74) is 1.13. The molecule has 1 N–H and O–H groups in total. The summed E-state index contributed by atoms with van der Waals surface area (Å²) in [6.07, 6.45) is 4.96. The fourth-order valence-corrected chi connectivity index (χ4v) is 2.07. The first kappa shape index (κ1) is 13.2. The van der Waals surface area contributed by atoms with Gasteiger partial charge in [0.1, 0.15) is 12.4 Å². The Bertz CT molecular complexity index is 348. The highest BCUT2D eigenvalue weighted by molar-refractivity contribution is 5.48. The fraction of sp³-hybridized carbons (Fsp3) is 0.600. The van der Waals surface area contributed by atoms with E-state index >= 15 is 0 Å². The smallest absolute Gasteiger partial charge is 0.121 e.